The summed E-state index contributed by atoms with van der Waals surface area (Å²) in [5, 5.41) is 28.6. The van der Waals surface area contributed by atoms with Crippen molar-refractivity contribution in [1.82, 2.24) is 31.2 Å². The number of methoxy groups -OCH3 is 2. The predicted octanol–water partition coefficient (Wildman–Crippen LogP) is 5.42. The SMILES string of the molecule is COc1cc2cc(c1Cl)N(C)C(=O)C[C@H](OC(=O)Nc1ccc(NC(=O)[C@H](CCCNC(N)=O)NC(=O)[C@@H](NC(=O)CCCCCN3C(=O)C=CC3=O)C(C)C)c3cccnc13)[C@]1(C)O[C@H]1[C@H](C)[C@@H]1C[C@@](O)(NC(=O)O1)[C@H](OC)/C=C/C=C(\C)C2. The number of nitrogens with two attached hydrogens (primary N) is 1. The Morgan fingerprint density at radius 3 is 2.40 bits per heavy atom. The molecular weight excluding hydrogens is 1120 g/mol. The van der Waals surface area contributed by atoms with Gasteiger partial charge in [0.25, 0.3) is 11.8 Å². The van der Waals surface area contributed by atoms with Gasteiger partial charge >= 0.3 is 18.2 Å². The summed E-state index contributed by atoms with van der Waals surface area (Å²) in [5.41, 5.74) is 4.52. The van der Waals surface area contributed by atoms with E-state index in [1.165, 1.54) is 56.6 Å². The topological polar surface area (TPSA) is 341 Å². The van der Waals surface area contributed by atoms with Crippen molar-refractivity contribution < 1.29 is 71.9 Å². The summed E-state index contributed by atoms with van der Waals surface area (Å²) in [7, 11) is 4.39. The molecule has 10 amide bonds. The fraction of sp³-hybridized carbons (Fsp3) is 0.492. The van der Waals surface area contributed by atoms with E-state index in [2.05, 4.69) is 36.9 Å². The molecule has 1 aromatic heterocycles. The van der Waals surface area contributed by atoms with Crippen molar-refractivity contribution in [2.24, 2.45) is 17.6 Å². The second-order valence-electron chi connectivity index (χ2n) is 22.1. The van der Waals surface area contributed by atoms with E-state index in [0.717, 1.165) is 16.0 Å². The smallest absolute Gasteiger partial charge is 0.412 e. The number of anilines is 3. The third-order valence-corrected chi connectivity index (χ3v) is 15.9. The summed E-state index contributed by atoms with van der Waals surface area (Å²) in [6.07, 6.45) is 4.67. The van der Waals surface area contributed by atoms with Crippen molar-refractivity contribution in [3.8, 4) is 5.75 Å². The molecule has 0 radical (unpaired) electrons. The normalized spacial score (nSPS) is 24.9. The van der Waals surface area contributed by atoms with Gasteiger partial charge in [0.15, 0.2) is 5.72 Å². The highest BCUT2D eigenvalue weighted by Gasteiger charge is 2.64. The second-order valence-corrected chi connectivity index (χ2v) is 22.5. The molecule has 0 spiro atoms. The summed E-state index contributed by atoms with van der Waals surface area (Å²) >= 11 is 6.86. The van der Waals surface area contributed by atoms with E-state index in [4.69, 9.17) is 41.0 Å². The number of imide groups is 1. The van der Waals surface area contributed by atoms with Crippen LogP contribution in [-0.4, -0.2) is 151 Å². The molecule has 7 rings (SSSR count). The number of hydrogen-bond acceptors (Lipinski definition) is 16. The van der Waals surface area contributed by atoms with E-state index in [9.17, 15) is 48.3 Å². The number of carbonyl (C=O) groups is 9. The highest BCUT2D eigenvalue weighted by Crippen LogP contribution is 2.49. The van der Waals surface area contributed by atoms with Gasteiger partial charge in [-0.2, -0.15) is 0 Å². The number of benzene rings is 2. The maximum absolute atomic E-state index is 14.5. The van der Waals surface area contributed by atoms with Crippen molar-refractivity contribution in [2.45, 2.75) is 140 Å². The molecule has 4 aliphatic heterocycles. The number of aromatic nitrogens is 1. The molecule has 0 saturated carbocycles. The van der Waals surface area contributed by atoms with Gasteiger partial charge in [-0.05, 0) is 93.8 Å². The Bertz CT molecular complexity index is 3140. The number of alkyl carbamates (subject to hydrolysis) is 1. The number of nitrogens with one attached hydrogen (secondary N) is 6. The lowest BCUT2D eigenvalue weighted by Crippen LogP contribution is -2.63. The Balaban J connectivity index is 1.09. The molecule has 0 aliphatic carbocycles. The number of primary amides is 1. The largest absolute Gasteiger partial charge is 0.495 e. The van der Waals surface area contributed by atoms with Crippen LogP contribution >= 0.6 is 11.6 Å². The van der Waals surface area contributed by atoms with Crippen molar-refractivity contribution >= 4 is 93.2 Å². The second kappa shape index (κ2) is 28.2. The molecule has 5 heterocycles. The zero-order chi connectivity index (χ0) is 61.9. The lowest BCUT2D eigenvalue weighted by Gasteiger charge is -2.42. The Morgan fingerprint density at radius 2 is 1.71 bits per heavy atom. The summed E-state index contributed by atoms with van der Waals surface area (Å²) in [5.74, 6) is -3.74. The Labute approximate surface area is 497 Å². The van der Waals surface area contributed by atoms with E-state index in [0.29, 0.717) is 42.5 Å². The van der Waals surface area contributed by atoms with Gasteiger partial charge in [0, 0.05) is 69.7 Å². The number of hydrogen-bond donors (Lipinski definition) is 8. The van der Waals surface area contributed by atoms with E-state index >= 15 is 0 Å². The van der Waals surface area contributed by atoms with Crippen LogP contribution in [0.3, 0.4) is 0 Å². The van der Waals surface area contributed by atoms with Crippen LogP contribution in [-0.2, 0) is 54.1 Å². The van der Waals surface area contributed by atoms with Gasteiger partial charge in [-0.15, -0.1) is 0 Å². The number of epoxide rings is 1. The molecular formula is C59H75ClN10O15. The van der Waals surface area contributed by atoms with Crippen LogP contribution in [0, 0.1) is 11.8 Å². The number of rotatable bonds is 20. The first-order chi connectivity index (χ1) is 40.4. The highest BCUT2D eigenvalue weighted by atomic mass is 35.5. The quantitative estimate of drug-likeness (QED) is 0.0398. The summed E-state index contributed by atoms with van der Waals surface area (Å²) in [6, 6.07) is 6.72. The van der Waals surface area contributed by atoms with Gasteiger partial charge in [-0.3, -0.25) is 49.3 Å². The van der Waals surface area contributed by atoms with Gasteiger partial charge in [0.05, 0.1) is 42.2 Å². The standard InChI is InChI=1S/C59H75ClN10O15/c1-32(2)50(67-45(71)19-10-9-11-26-70-46(72)22-23-47(70)73)54(76)65-39(17-14-25-63-55(61)77)53(75)64-37-20-21-38(51-36(37)16-13-24-62-51)66-56(78)84-44-30-48(74)69(6)40-28-35(29-41(81-7)49(40)60)27-33(3)15-12-18-43(82-8)59(80)31-42(83-57(79)68-59)34(4)52-58(44,5)85-52/h12-13,15-16,18,20-24,28-29,32,34,39,42-44,50,52,80H,9-11,14,17,19,25-27,30-31H2,1-8H3,(H,64,75)(H,65,76)(H,66,78)(H,67,71)(H,68,79)(H3,61,63,77)/b18-12+,33-15+/t34-,39+,42+,43-,44+,50+,52+,58+,59+/m1/s1. The molecule has 4 bridgehead atoms. The number of urea groups is 1. The van der Waals surface area contributed by atoms with Crippen LogP contribution < -0.4 is 47.3 Å². The van der Waals surface area contributed by atoms with Crippen molar-refractivity contribution in [1.29, 1.82) is 0 Å². The number of halogens is 1. The molecule has 4 aliphatic rings. The molecule has 26 heteroatoms. The molecule has 85 heavy (non-hydrogen) atoms. The molecule has 2 fully saturated rings. The molecule has 25 nitrogen and oxygen atoms in total. The number of aliphatic hydroxyl groups is 1. The van der Waals surface area contributed by atoms with Gasteiger partial charge in [-0.25, -0.2) is 14.4 Å². The first kappa shape index (κ1) is 64.4. The summed E-state index contributed by atoms with van der Waals surface area (Å²) in [6.45, 7) is 9.08. The summed E-state index contributed by atoms with van der Waals surface area (Å²) in [4.78, 5) is 126. The van der Waals surface area contributed by atoms with Crippen LogP contribution in [0.15, 0.2) is 78.5 Å². The zero-order valence-electron chi connectivity index (χ0n) is 48.8. The number of pyridine rings is 1. The van der Waals surface area contributed by atoms with Crippen LogP contribution in [0.4, 0.5) is 31.4 Å². The molecule has 458 valence electrons. The first-order valence-electron chi connectivity index (χ1n) is 28.1. The number of ether oxygens (including phenoxy) is 5. The van der Waals surface area contributed by atoms with E-state index in [1.807, 2.05) is 13.0 Å². The molecule has 3 aromatic rings. The van der Waals surface area contributed by atoms with Gasteiger partial charge in [0.1, 0.15) is 46.8 Å². The Kier molecular flexibility index (Phi) is 21.4. The monoisotopic (exact) mass is 1200 g/mol. The molecule has 9 N–H and O–H groups in total. The van der Waals surface area contributed by atoms with E-state index < -0.39 is 108 Å². The van der Waals surface area contributed by atoms with Crippen molar-refractivity contribution in [2.75, 3.05) is 49.9 Å². The molecule has 9 atom stereocenters. The third-order valence-electron chi connectivity index (χ3n) is 15.5. The summed E-state index contributed by atoms with van der Waals surface area (Å²) < 4.78 is 29.6. The van der Waals surface area contributed by atoms with Gasteiger partial charge < -0.3 is 60.7 Å². The van der Waals surface area contributed by atoms with Crippen LogP contribution in [0.1, 0.15) is 91.5 Å². The Hall–Kier alpha value is -8.13. The maximum atomic E-state index is 14.5. The molecule has 2 aromatic carbocycles. The number of fused-ring (bicyclic) bond motifs is 6. The zero-order valence-corrected chi connectivity index (χ0v) is 49.5. The van der Waals surface area contributed by atoms with Gasteiger partial charge in [-0.1, -0.05) is 62.6 Å². The van der Waals surface area contributed by atoms with Crippen molar-refractivity contribution in [3.05, 3.63) is 89.1 Å². The number of carbonyl (C=O) groups excluding carboxylic acids is 9. The minimum Gasteiger partial charge on any atom is -0.495 e. The minimum absolute atomic E-state index is 0.0273. The van der Waals surface area contributed by atoms with Crippen LogP contribution in [0.5, 0.6) is 5.75 Å². The number of nitrogens with zero attached hydrogens (tertiary/aromatic N) is 3. The Morgan fingerprint density at radius 1 is 0.976 bits per heavy atom. The lowest BCUT2D eigenvalue weighted by atomic mass is 9.83. The predicted molar refractivity (Wildman–Crippen MR) is 313 cm³/mol. The van der Waals surface area contributed by atoms with E-state index in [-0.39, 0.29) is 72.5 Å². The number of unbranched alkanes of at least 4 members (excludes halogenated alkanes) is 2. The van der Waals surface area contributed by atoms with E-state index in [1.54, 1.807) is 64.1 Å². The average Bonchev–Trinajstić information content (AvgIpc) is 1.79. The highest BCUT2D eigenvalue weighted by molar-refractivity contribution is 6.35. The number of allylic oxidation sites excluding steroid dienone is 3. The lowest BCUT2D eigenvalue weighted by molar-refractivity contribution is -0.142. The van der Waals surface area contributed by atoms with Gasteiger partial charge in [0.2, 0.25) is 23.6 Å². The van der Waals surface area contributed by atoms with Crippen molar-refractivity contribution in [3.63, 3.8) is 0 Å². The molecule has 0 unspecified atom stereocenters. The van der Waals surface area contributed by atoms with Crippen LogP contribution in [0.25, 0.3) is 10.9 Å². The first-order valence-corrected chi connectivity index (χ1v) is 28.5. The number of amides is 10. The third kappa shape index (κ3) is 16.0. The van der Waals surface area contributed by atoms with Crippen LogP contribution in [0.2, 0.25) is 5.02 Å². The fourth-order valence-corrected chi connectivity index (χ4v) is 11.0. The maximum Gasteiger partial charge on any atom is 0.412 e. The minimum atomic E-state index is -1.91. The fourth-order valence-electron chi connectivity index (χ4n) is 10.7. The molecule has 2 saturated heterocycles. The average molecular weight is 1200 g/mol.